The first-order chi connectivity index (χ1) is 16.8. The molecule has 1 aliphatic heterocycles. The van der Waals surface area contributed by atoms with E-state index in [1.54, 1.807) is 18.2 Å². The number of rotatable bonds is 8. The maximum absolute atomic E-state index is 13.2. The number of carboxylic acids is 1. The molecule has 8 nitrogen and oxygen atoms in total. The first-order valence-electron chi connectivity index (χ1n) is 12.0. The van der Waals surface area contributed by atoms with E-state index >= 15 is 0 Å². The monoisotopic (exact) mass is 483 g/mol. The Kier molecular flexibility index (Phi) is 7.62. The van der Waals surface area contributed by atoms with Crippen molar-refractivity contribution >= 4 is 11.9 Å². The third kappa shape index (κ3) is 5.77. The third-order valence-electron chi connectivity index (χ3n) is 6.83. The van der Waals surface area contributed by atoms with Crippen LogP contribution in [0.5, 0.6) is 11.5 Å². The van der Waals surface area contributed by atoms with Crippen LogP contribution in [0.25, 0.3) is 0 Å². The molecule has 1 aliphatic carbocycles. The molecule has 1 amide bonds. The van der Waals surface area contributed by atoms with Gasteiger partial charge in [-0.25, -0.2) is 4.79 Å². The molecule has 1 atom stereocenters. The number of carbonyl (C=O) groups excluding carboxylic acids is 1. The molecule has 8 heteroatoms. The van der Waals surface area contributed by atoms with Crippen molar-refractivity contribution < 1.29 is 33.6 Å². The van der Waals surface area contributed by atoms with E-state index < -0.39 is 23.2 Å². The third-order valence-corrected chi connectivity index (χ3v) is 6.83. The molecular weight excluding hydrogens is 450 g/mol. The minimum atomic E-state index is -1.39. The van der Waals surface area contributed by atoms with Crippen molar-refractivity contribution in [1.82, 2.24) is 5.32 Å². The predicted molar refractivity (Wildman–Crippen MR) is 129 cm³/mol. The summed E-state index contributed by atoms with van der Waals surface area (Å²) in [5.74, 6) is -1.32. The summed E-state index contributed by atoms with van der Waals surface area (Å²) in [7, 11) is 1.54. The van der Waals surface area contributed by atoms with Gasteiger partial charge >= 0.3 is 5.97 Å². The Morgan fingerprint density at radius 2 is 1.83 bits per heavy atom. The smallest absolute Gasteiger partial charge is 0.329 e. The highest BCUT2D eigenvalue weighted by molar-refractivity contribution is 5.98. The lowest BCUT2D eigenvalue weighted by molar-refractivity contribution is -0.166. The summed E-state index contributed by atoms with van der Waals surface area (Å²) < 4.78 is 22.9. The van der Waals surface area contributed by atoms with Crippen molar-refractivity contribution in [3.63, 3.8) is 0 Å². The van der Waals surface area contributed by atoms with Gasteiger partial charge in [-0.3, -0.25) is 4.79 Å². The number of aliphatic carboxylic acids is 1. The zero-order valence-electron chi connectivity index (χ0n) is 20.3. The van der Waals surface area contributed by atoms with Gasteiger partial charge < -0.3 is 29.4 Å². The van der Waals surface area contributed by atoms with Gasteiger partial charge in [0.05, 0.1) is 26.9 Å². The summed E-state index contributed by atoms with van der Waals surface area (Å²) in [6.07, 6.45) is 2.83. The van der Waals surface area contributed by atoms with Crippen molar-refractivity contribution in [3.8, 4) is 11.5 Å². The maximum atomic E-state index is 13.2. The number of hydrogen-bond acceptors (Lipinski definition) is 6. The summed E-state index contributed by atoms with van der Waals surface area (Å²) in [5, 5.41) is 12.9. The van der Waals surface area contributed by atoms with Crippen LogP contribution >= 0.6 is 0 Å². The Hall–Kier alpha value is -3.10. The summed E-state index contributed by atoms with van der Waals surface area (Å²) in [6, 6.07) is 13.1. The molecule has 1 saturated heterocycles. The summed E-state index contributed by atoms with van der Waals surface area (Å²) >= 11 is 0. The quantitative estimate of drug-likeness (QED) is 0.587. The van der Waals surface area contributed by atoms with Crippen LogP contribution < -0.4 is 14.8 Å². The van der Waals surface area contributed by atoms with E-state index in [9.17, 15) is 14.7 Å². The number of nitrogens with one attached hydrogen (secondary N) is 1. The molecule has 2 N–H and O–H groups in total. The van der Waals surface area contributed by atoms with Crippen molar-refractivity contribution in [2.75, 3.05) is 26.9 Å². The predicted octanol–water partition coefficient (Wildman–Crippen LogP) is 3.89. The number of benzene rings is 2. The fourth-order valence-corrected chi connectivity index (χ4v) is 4.86. The molecule has 1 spiro atoms. The largest absolute Gasteiger partial charge is 0.493 e. The van der Waals surface area contributed by atoms with Crippen LogP contribution in [0.4, 0.5) is 0 Å². The lowest BCUT2D eigenvalue weighted by Gasteiger charge is -2.30. The maximum Gasteiger partial charge on any atom is 0.329 e. The van der Waals surface area contributed by atoms with Crippen LogP contribution in [-0.4, -0.2) is 55.2 Å². The highest BCUT2D eigenvalue weighted by Crippen LogP contribution is 2.39. The van der Waals surface area contributed by atoms with Crippen LogP contribution in [-0.2, 0) is 20.7 Å². The van der Waals surface area contributed by atoms with Crippen LogP contribution in [0.1, 0.15) is 53.6 Å². The molecule has 1 unspecified atom stereocenters. The standard InChI is InChI=1S/C27H33NO7/c1-19-5-3-6-20(17-19)9-14-33-23-18-21(7-8-22(23)32-2)24(29)28-26(25(30)31)10-4-11-27(13-12-26)34-15-16-35-27/h3,5-8,17-18H,4,9-16H2,1-2H3,(H,28,29)(H,30,31). The van der Waals surface area contributed by atoms with Crippen LogP contribution in [0.2, 0.25) is 0 Å². The average molecular weight is 484 g/mol. The molecule has 188 valence electrons. The number of hydrogen-bond donors (Lipinski definition) is 2. The van der Waals surface area contributed by atoms with E-state index in [0.29, 0.717) is 69.0 Å². The molecule has 2 fully saturated rings. The highest BCUT2D eigenvalue weighted by Gasteiger charge is 2.47. The molecule has 1 heterocycles. The normalized spacial score (nSPS) is 21.3. The number of methoxy groups -OCH3 is 1. The van der Waals surface area contributed by atoms with Gasteiger partial charge in [0.2, 0.25) is 0 Å². The molecule has 2 aliphatic rings. The molecule has 2 aromatic carbocycles. The van der Waals surface area contributed by atoms with Crippen molar-refractivity contribution in [2.45, 2.75) is 56.8 Å². The number of carboxylic acid groups (broad SMARTS) is 1. The highest BCUT2D eigenvalue weighted by atomic mass is 16.7. The van der Waals surface area contributed by atoms with Gasteiger partial charge in [0, 0.05) is 24.8 Å². The molecule has 1 saturated carbocycles. The van der Waals surface area contributed by atoms with Gasteiger partial charge in [0.15, 0.2) is 17.3 Å². The molecule has 0 bridgehead atoms. The van der Waals surface area contributed by atoms with E-state index in [0.717, 1.165) is 5.56 Å². The summed E-state index contributed by atoms with van der Waals surface area (Å²) in [6.45, 7) is 3.46. The number of ether oxygens (including phenoxy) is 4. The first-order valence-corrected chi connectivity index (χ1v) is 12.0. The fraction of sp³-hybridized carbons (Fsp3) is 0.481. The lowest BCUT2D eigenvalue weighted by Crippen LogP contribution is -2.54. The zero-order chi connectivity index (χ0) is 24.9. The average Bonchev–Trinajstić information content (AvgIpc) is 3.22. The Morgan fingerprint density at radius 1 is 1.03 bits per heavy atom. The van der Waals surface area contributed by atoms with Gasteiger partial charge in [-0.15, -0.1) is 0 Å². The Morgan fingerprint density at radius 3 is 2.54 bits per heavy atom. The number of amides is 1. The Bertz CT molecular complexity index is 1060. The molecule has 4 rings (SSSR count). The van der Waals surface area contributed by atoms with Crippen LogP contribution in [0, 0.1) is 6.92 Å². The zero-order valence-corrected chi connectivity index (χ0v) is 20.3. The number of carbonyl (C=O) groups is 2. The molecule has 2 aromatic rings. The van der Waals surface area contributed by atoms with Gasteiger partial charge in [0.1, 0.15) is 5.54 Å². The van der Waals surface area contributed by atoms with Gasteiger partial charge in [-0.1, -0.05) is 29.8 Å². The molecule has 0 radical (unpaired) electrons. The second-order valence-corrected chi connectivity index (χ2v) is 9.26. The molecular formula is C27H33NO7. The fourth-order valence-electron chi connectivity index (χ4n) is 4.86. The Labute approximate surface area is 205 Å². The van der Waals surface area contributed by atoms with Crippen LogP contribution in [0.15, 0.2) is 42.5 Å². The Balaban J connectivity index is 1.46. The second-order valence-electron chi connectivity index (χ2n) is 9.26. The van der Waals surface area contributed by atoms with Crippen molar-refractivity contribution in [1.29, 1.82) is 0 Å². The van der Waals surface area contributed by atoms with Crippen molar-refractivity contribution in [3.05, 3.63) is 59.2 Å². The SMILES string of the molecule is COc1ccc(C(=O)NC2(C(=O)O)CCCC3(CC2)OCCO3)cc1OCCc1cccc(C)c1. The summed E-state index contributed by atoms with van der Waals surface area (Å²) in [4.78, 5) is 25.5. The van der Waals surface area contributed by atoms with E-state index in [4.69, 9.17) is 18.9 Å². The van der Waals surface area contributed by atoms with Crippen LogP contribution in [0.3, 0.4) is 0 Å². The van der Waals surface area contributed by atoms with E-state index in [1.807, 2.05) is 25.1 Å². The minimum absolute atomic E-state index is 0.226. The van der Waals surface area contributed by atoms with E-state index in [1.165, 1.54) is 12.7 Å². The van der Waals surface area contributed by atoms with Gasteiger partial charge in [0.25, 0.3) is 5.91 Å². The summed E-state index contributed by atoms with van der Waals surface area (Å²) in [5.41, 5.74) is 1.26. The number of aryl methyl sites for hydroxylation is 1. The first kappa shape index (κ1) is 25.0. The minimum Gasteiger partial charge on any atom is -0.493 e. The second kappa shape index (κ2) is 10.7. The van der Waals surface area contributed by atoms with E-state index in [2.05, 4.69) is 11.4 Å². The van der Waals surface area contributed by atoms with Gasteiger partial charge in [-0.05, 0) is 49.9 Å². The van der Waals surface area contributed by atoms with E-state index in [-0.39, 0.29) is 6.42 Å². The topological polar surface area (TPSA) is 103 Å². The van der Waals surface area contributed by atoms with Gasteiger partial charge in [-0.2, -0.15) is 0 Å². The lowest BCUT2D eigenvalue weighted by atomic mass is 9.89. The van der Waals surface area contributed by atoms with Crippen molar-refractivity contribution in [2.24, 2.45) is 0 Å². The molecule has 35 heavy (non-hydrogen) atoms. The molecule has 0 aromatic heterocycles.